The van der Waals surface area contributed by atoms with E-state index in [0.717, 1.165) is 128 Å². The maximum atomic E-state index is 12.2. The maximum Gasteiger partial charge on any atom is 0.306 e. The second-order valence-electron chi connectivity index (χ2n) is 12.9. The van der Waals surface area contributed by atoms with Gasteiger partial charge in [-0.25, -0.2) is 0 Å². The number of unbranched alkanes of at least 4 members (excludes halogenated alkanes) is 9. The lowest BCUT2D eigenvalue weighted by atomic mass is 10.1. The van der Waals surface area contributed by atoms with E-state index in [1.807, 2.05) is 0 Å². The van der Waals surface area contributed by atoms with Crippen LogP contribution in [0.5, 0.6) is 0 Å². The molecule has 5 heteroatoms. The third-order valence-electron chi connectivity index (χ3n) is 8.06. The van der Waals surface area contributed by atoms with Gasteiger partial charge in [-0.05, 0) is 96.3 Å². The van der Waals surface area contributed by atoms with E-state index in [0.29, 0.717) is 12.8 Å². The molecule has 0 spiro atoms. The van der Waals surface area contributed by atoms with Crippen LogP contribution in [0.1, 0.15) is 155 Å². The lowest BCUT2D eigenvalue weighted by molar-refractivity contribution is -0.161. The number of carbonyl (C=O) groups excluding carboxylic acids is 2. The van der Waals surface area contributed by atoms with Crippen LogP contribution in [0.4, 0.5) is 0 Å². The molecule has 0 aromatic rings. The molecular weight excluding hydrogens is 645 g/mol. The molecule has 0 bridgehead atoms. The van der Waals surface area contributed by atoms with E-state index >= 15 is 0 Å². The van der Waals surface area contributed by atoms with Gasteiger partial charge >= 0.3 is 11.9 Å². The lowest BCUT2D eigenvalue weighted by Crippen LogP contribution is -2.28. The minimum atomic E-state index is -0.800. The molecule has 0 aromatic heterocycles. The van der Waals surface area contributed by atoms with Crippen molar-refractivity contribution < 1.29 is 24.2 Å². The van der Waals surface area contributed by atoms with E-state index in [4.69, 9.17) is 9.47 Å². The molecular formula is C47H74O5. The van der Waals surface area contributed by atoms with E-state index in [1.165, 1.54) is 0 Å². The summed E-state index contributed by atoms with van der Waals surface area (Å²) in [6.45, 7) is 3.85. The summed E-state index contributed by atoms with van der Waals surface area (Å²) in [5.74, 6) is -0.652. The van der Waals surface area contributed by atoms with Gasteiger partial charge in [-0.1, -0.05) is 155 Å². The number of aliphatic hydroxyl groups excluding tert-OH is 1. The van der Waals surface area contributed by atoms with Crippen molar-refractivity contribution >= 4 is 11.9 Å². The van der Waals surface area contributed by atoms with Gasteiger partial charge in [-0.15, -0.1) is 0 Å². The second-order valence-corrected chi connectivity index (χ2v) is 12.9. The van der Waals surface area contributed by atoms with Gasteiger partial charge in [-0.3, -0.25) is 9.59 Å². The summed E-state index contributed by atoms with van der Waals surface area (Å²) < 4.78 is 10.6. The summed E-state index contributed by atoms with van der Waals surface area (Å²) >= 11 is 0. The highest BCUT2D eigenvalue weighted by Gasteiger charge is 2.16. The van der Waals surface area contributed by atoms with Crippen LogP contribution >= 0.6 is 0 Å². The number of hydrogen-bond donors (Lipinski definition) is 1. The summed E-state index contributed by atoms with van der Waals surface area (Å²) in [6.07, 6.45) is 60.0. The van der Waals surface area contributed by atoms with Crippen LogP contribution in [-0.2, 0) is 19.1 Å². The fourth-order valence-corrected chi connectivity index (χ4v) is 5.04. The molecule has 52 heavy (non-hydrogen) atoms. The molecule has 0 aromatic carbocycles. The zero-order chi connectivity index (χ0) is 37.8. The highest BCUT2D eigenvalue weighted by molar-refractivity contribution is 5.70. The summed E-state index contributed by atoms with van der Waals surface area (Å²) in [5.41, 5.74) is 0. The van der Waals surface area contributed by atoms with Crippen LogP contribution in [0.2, 0.25) is 0 Å². The normalized spacial score (nSPS) is 13.4. The third kappa shape index (κ3) is 39.3. The fourth-order valence-electron chi connectivity index (χ4n) is 5.04. The van der Waals surface area contributed by atoms with Crippen LogP contribution in [0.15, 0.2) is 109 Å². The second kappa shape index (κ2) is 42.0. The van der Waals surface area contributed by atoms with Crippen molar-refractivity contribution in [1.82, 2.24) is 0 Å². The van der Waals surface area contributed by atoms with Crippen LogP contribution in [-0.4, -0.2) is 36.4 Å². The topological polar surface area (TPSA) is 72.8 Å². The van der Waals surface area contributed by atoms with E-state index in [2.05, 4.69) is 123 Å². The number of esters is 2. The smallest absolute Gasteiger partial charge is 0.306 e. The zero-order valence-corrected chi connectivity index (χ0v) is 33.0. The molecule has 1 atom stereocenters. The van der Waals surface area contributed by atoms with E-state index < -0.39 is 6.10 Å². The molecule has 0 saturated heterocycles. The lowest BCUT2D eigenvalue weighted by Gasteiger charge is -2.15. The number of hydrogen-bond acceptors (Lipinski definition) is 5. The van der Waals surface area contributed by atoms with Gasteiger partial charge in [0.2, 0.25) is 0 Å². The predicted molar refractivity (Wildman–Crippen MR) is 223 cm³/mol. The Bertz CT molecular complexity index is 1090. The van der Waals surface area contributed by atoms with E-state index in [-0.39, 0.29) is 25.2 Å². The van der Waals surface area contributed by atoms with E-state index in [1.54, 1.807) is 0 Å². The van der Waals surface area contributed by atoms with Crippen LogP contribution < -0.4 is 0 Å². The maximum absolute atomic E-state index is 12.2. The zero-order valence-electron chi connectivity index (χ0n) is 33.0. The van der Waals surface area contributed by atoms with Gasteiger partial charge in [-0.2, -0.15) is 0 Å². The highest BCUT2D eigenvalue weighted by Crippen LogP contribution is 2.11. The predicted octanol–water partition coefficient (Wildman–Crippen LogP) is 13.1. The number of aliphatic hydroxyl groups is 1. The molecule has 0 amide bonds. The van der Waals surface area contributed by atoms with Crippen LogP contribution in [0.3, 0.4) is 0 Å². The summed E-state index contributed by atoms with van der Waals surface area (Å²) in [6, 6.07) is 0. The quantitative estimate of drug-likeness (QED) is 0.0401. The van der Waals surface area contributed by atoms with Gasteiger partial charge in [0.15, 0.2) is 6.10 Å². The number of rotatable bonds is 35. The standard InChI is InChI=1S/C47H74O5/c1-3-5-7-9-11-13-15-17-19-20-21-22-23-24-25-26-28-30-32-34-36-38-40-42-47(50)52-45(43-48)44-51-46(49)41-39-37-35-33-31-29-27-18-16-14-12-10-8-6-4-2/h5-8,11-14,17-19,21-22,24-25,27-28,30,45,48H,3-4,9-10,15-16,20,23,26,29,31-44H2,1-2H3/b7-5-,8-6-,13-11-,14-12-,19-17-,22-21-,25-24-,27-18-,30-28-. The Kier molecular flexibility index (Phi) is 39.2. The third-order valence-corrected chi connectivity index (χ3v) is 8.06. The molecule has 1 unspecified atom stereocenters. The summed E-state index contributed by atoms with van der Waals surface area (Å²) in [4.78, 5) is 24.3. The summed E-state index contributed by atoms with van der Waals surface area (Å²) in [7, 11) is 0. The molecule has 0 heterocycles. The molecule has 0 rings (SSSR count). The van der Waals surface area contributed by atoms with Crippen molar-refractivity contribution in [2.24, 2.45) is 0 Å². The van der Waals surface area contributed by atoms with Crippen molar-refractivity contribution in [3.8, 4) is 0 Å². The van der Waals surface area contributed by atoms with Crippen molar-refractivity contribution in [2.75, 3.05) is 13.2 Å². The van der Waals surface area contributed by atoms with Gasteiger partial charge < -0.3 is 14.6 Å². The van der Waals surface area contributed by atoms with E-state index in [9.17, 15) is 14.7 Å². The Morgan fingerprint density at radius 2 is 0.769 bits per heavy atom. The molecule has 0 radical (unpaired) electrons. The minimum Gasteiger partial charge on any atom is -0.462 e. The number of ether oxygens (including phenoxy) is 2. The first-order valence-electron chi connectivity index (χ1n) is 20.4. The highest BCUT2D eigenvalue weighted by atomic mass is 16.6. The van der Waals surface area contributed by atoms with Crippen LogP contribution in [0, 0.1) is 0 Å². The first-order valence-corrected chi connectivity index (χ1v) is 20.4. The average molecular weight is 719 g/mol. The van der Waals surface area contributed by atoms with Gasteiger partial charge in [0.1, 0.15) is 6.61 Å². The molecule has 1 N–H and O–H groups in total. The largest absolute Gasteiger partial charge is 0.462 e. The molecule has 0 aliphatic heterocycles. The fraction of sp³-hybridized carbons (Fsp3) is 0.574. The Labute approximate surface area is 319 Å². The molecule has 0 fully saturated rings. The molecule has 0 aliphatic rings. The van der Waals surface area contributed by atoms with Crippen LogP contribution in [0.25, 0.3) is 0 Å². The molecule has 292 valence electrons. The SMILES string of the molecule is CC/C=C\C/C=C\C/C=C\C/C=C\C/C=C\C/C=C\CCCCCCC(=O)OC(CO)COC(=O)CCCCCCC/C=C\C/C=C\C/C=C\CC. The van der Waals surface area contributed by atoms with Crippen molar-refractivity contribution in [2.45, 2.75) is 161 Å². The van der Waals surface area contributed by atoms with Crippen molar-refractivity contribution in [3.63, 3.8) is 0 Å². The Morgan fingerprint density at radius 3 is 1.15 bits per heavy atom. The Hall–Kier alpha value is -3.44. The number of allylic oxidation sites excluding steroid dienone is 18. The Morgan fingerprint density at radius 1 is 0.442 bits per heavy atom. The molecule has 0 aliphatic carbocycles. The van der Waals surface area contributed by atoms with Crippen molar-refractivity contribution in [1.29, 1.82) is 0 Å². The van der Waals surface area contributed by atoms with Gasteiger partial charge in [0.05, 0.1) is 6.61 Å². The average Bonchev–Trinajstić information content (AvgIpc) is 3.15. The Balaban J connectivity index is 3.69. The molecule has 5 nitrogen and oxygen atoms in total. The summed E-state index contributed by atoms with van der Waals surface area (Å²) in [5, 5.41) is 9.56. The first kappa shape index (κ1) is 48.6. The van der Waals surface area contributed by atoms with Crippen molar-refractivity contribution in [3.05, 3.63) is 109 Å². The molecule has 0 saturated carbocycles. The monoisotopic (exact) mass is 719 g/mol. The number of carbonyl (C=O) groups is 2. The van der Waals surface area contributed by atoms with Gasteiger partial charge in [0.25, 0.3) is 0 Å². The van der Waals surface area contributed by atoms with Gasteiger partial charge in [0, 0.05) is 12.8 Å². The minimum absolute atomic E-state index is 0.0933. The first-order chi connectivity index (χ1) is 25.6.